The zero-order valence-electron chi connectivity index (χ0n) is 13.1. The van der Waals surface area contributed by atoms with Crippen LogP contribution < -0.4 is 10.1 Å². The molecule has 0 aliphatic rings. The van der Waals surface area contributed by atoms with E-state index in [4.69, 9.17) is 9.47 Å². The quantitative estimate of drug-likeness (QED) is 0.615. The molecule has 0 aromatic heterocycles. The van der Waals surface area contributed by atoms with Crippen molar-refractivity contribution in [2.75, 3.05) is 20.8 Å². The van der Waals surface area contributed by atoms with Gasteiger partial charge in [0.25, 0.3) is 0 Å². The number of methoxy groups -OCH3 is 1. The first-order chi connectivity index (χ1) is 9.42. The van der Waals surface area contributed by atoms with Gasteiger partial charge >= 0.3 is 5.97 Å². The first-order valence-corrected chi connectivity index (χ1v) is 6.90. The SMILES string of the molecule is CNC(C)(CCCOc1ccc(C)c(C)c1)C(=O)OC. The molecule has 0 fully saturated rings. The Morgan fingerprint density at radius 2 is 2.00 bits per heavy atom. The molecule has 0 saturated heterocycles. The van der Waals surface area contributed by atoms with Crippen LogP contribution in [-0.2, 0) is 9.53 Å². The van der Waals surface area contributed by atoms with Crippen LogP contribution in [0.5, 0.6) is 5.75 Å². The van der Waals surface area contributed by atoms with Gasteiger partial charge in [-0.2, -0.15) is 0 Å². The van der Waals surface area contributed by atoms with Crippen LogP contribution in [0.2, 0.25) is 0 Å². The maximum Gasteiger partial charge on any atom is 0.325 e. The molecule has 0 bridgehead atoms. The van der Waals surface area contributed by atoms with Gasteiger partial charge in [-0.3, -0.25) is 4.79 Å². The van der Waals surface area contributed by atoms with Gasteiger partial charge < -0.3 is 14.8 Å². The third kappa shape index (κ3) is 4.23. The Morgan fingerprint density at radius 3 is 2.55 bits per heavy atom. The lowest BCUT2D eigenvalue weighted by Crippen LogP contribution is -2.48. The summed E-state index contributed by atoms with van der Waals surface area (Å²) >= 11 is 0. The van der Waals surface area contributed by atoms with Crippen molar-refractivity contribution in [1.82, 2.24) is 5.32 Å². The van der Waals surface area contributed by atoms with Gasteiger partial charge in [-0.25, -0.2) is 0 Å². The Morgan fingerprint density at radius 1 is 1.30 bits per heavy atom. The molecule has 0 amide bonds. The van der Waals surface area contributed by atoms with E-state index in [0.29, 0.717) is 13.0 Å². The lowest BCUT2D eigenvalue weighted by Gasteiger charge is -2.25. The number of likely N-dealkylation sites (N-methyl/N-ethyl adjacent to an activating group) is 1. The Bertz CT molecular complexity index is 459. The number of benzene rings is 1. The smallest absolute Gasteiger partial charge is 0.325 e. The van der Waals surface area contributed by atoms with Crippen LogP contribution in [0.15, 0.2) is 18.2 Å². The second-order valence-electron chi connectivity index (χ2n) is 5.27. The zero-order chi connectivity index (χ0) is 15.2. The van der Waals surface area contributed by atoms with E-state index >= 15 is 0 Å². The number of carbonyl (C=O) groups excluding carboxylic acids is 1. The van der Waals surface area contributed by atoms with Crippen LogP contribution in [0.25, 0.3) is 0 Å². The van der Waals surface area contributed by atoms with Gasteiger partial charge in [0.2, 0.25) is 0 Å². The third-order valence-electron chi connectivity index (χ3n) is 3.76. The van der Waals surface area contributed by atoms with E-state index < -0.39 is 5.54 Å². The van der Waals surface area contributed by atoms with E-state index in [1.807, 2.05) is 19.1 Å². The highest BCUT2D eigenvalue weighted by Crippen LogP contribution is 2.18. The van der Waals surface area contributed by atoms with Crippen LogP contribution in [-0.4, -0.2) is 32.3 Å². The van der Waals surface area contributed by atoms with E-state index in [9.17, 15) is 4.79 Å². The minimum Gasteiger partial charge on any atom is -0.494 e. The molecule has 4 heteroatoms. The van der Waals surface area contributed by atoms with Crippen molar-refractivity contribution in [3.63, 3.8) is 0 Å². The molecule has 1 aromatic rings. The average molecular weight is 279 g/mol. The molecule has 0 saturated carbocycles. The predicted molar refractivity (Wildman–Crippen MR) is 80.1 cm³/mol. The number of rotatable bonds is 7. The van der Waals surface area contributed by atoms with Gasteiger partial charge in [0.05, 0.1) is 13.7 Å². The summed E-state index contributed by atoms with van der Waals surface area (Å²) in [5.74, 6) is 0.628. The van der Waals surface area contributed by atoms with Gasteiger partial charge in [0.15, 0.2) is 0 Å². The highest BCUT2D eigenvalue weighted by molar-refractivity contribution is 5.80. The molecule has 1 rings (SSSR count). The Labute approximate surface area is 121 Å². The predicted octanol–water partition coefficient (Wildman–Crippen LogP) is 2.61. The number of esters is 1. The summed E-state index contributed by atoms with van der Waals surface area (Å²) in [5, 5.41) is 3.01. The summed E-state index contributed by atoms with van der Waals surface area (Å²) in [7, 11) is 3.17. The van der Waals surface area contributed by atoms with Crippen molar-refractivity contribution in [3.05, 3.63) is 29.3 Å². The molecule has 0 radical (unpaired) electrons. The maximum atomic E-state index is 11.7. The van der Waals surface area contributed by atoms with Crippen molar-refractivity contribution in [2.24, 2.45) is 0 Å². The monoisotopic (exact) mass is 279 g/mol. The standard InChI is InChI=1S/C16H25NO3/c1-12-7-8-14(11-13(12)2)20-10-6-9-16(3,17-4)15(18)19-5/h7-8,11,17H,6,9-10H2,1-5H3. The second kappa shape index (κ2) is 7.29. The van der Waals surface area contributed by atoms with Gasteiger partial charge in [-0.1, -0.05) is 6.07 Å². The molecule has 0 aliphatic carbocycles. The highest BCUT2D eigenvalue weighted by atomic mass is 16.5. The van der Waals surface area contributed by atoms with Crippen LogP contribution in [0.1, 0.15) is 30.9 Å². The zero-order valence-corrected chi connectivity index (χ0v) is 13.1. The maximum absolute atomic E-state index is 11.7. The molecular formula is C16H25NO3. The highest BCUT2D eigenvalue weighted by Gasteiger charge is 2.31. The van der Waals surface area contributed by atoms with Crippen molar-refractivity contribution in [2.45, 2.75) is 39.2 Å². The fraction of sp³-hybridized carbons (Fsp3) is 0.562. The minimum absolute atomic E-state index is 0.244. The van der Waals surface area contributed by atoms with E-state index in [2.05, 4.69) is 25.2 Å². The first kappa shape index (κ1) is 16.5. The Balaban J connectivity index is 2.44. The number of carbonyl (C=O) groups is 1. The molecule has 20 heavy (non-hydrogen) atoms. The van der Waals surface area contributed by atoms with Crippen molar-refractivity contribution < 1.29 is 14.3 Å². The number of nitrogens with one attached hydrogen (secondary N) is 1. The Hall–Kier alpha value is -1.55. The van der Waals surface area contributed by atoms with E-state index in [1.165, 1.54) is 18.2 Å². The molecule has 1 unspecified atom stereocenters. The molecule has 0 spiro atoms. The molecular weight excluding hydrogens is 254 g/mol. The lowest BCUT2D eigenvalue weighted by atomic mass is 9.96. The molecule has 1 aromatic carbocycles. The molecule has 0 aliphatic heterocycles. The summed E-state index contributed by atoms with van der Waals surface area (Å²) in [6.45, 7) is 6.57. The van der Waals surface area contributed by atoms with Gasteiger partial charge in [0.1, 0.15) is 11.3 Å². The fourth-order valence-corrected chi connectivity index (χ4v) is 1.97. The van der Waals surface area contributed by atoms with Gasteiger partial charge in [-0.05, 0) is 63.9 Å². The van der Waals surface area contributed by atoms with Crippen LogP contribution in [0, 0.1) is 13.8 Å². The van der Waals surface area contributed by atoms with Crippen LogP contribution in [0.4, 0.5) is 0 Å². The van der Waals surface area contributed by atoms with Crippen LogP contribution >= 0.6 is 0 Å². The third-order valence-corrected chi connectivity index (χ3v) is 3.76. The van der Waals surface area contributed by atoms with Crippen molar-refractivity contribution >= 4 is 5.97 Å². The Kier molecular flexibility index (Phi) is 6.02. The topological polar surface area (TPSA) is 47.6 Å². The normalized spacial score (nSPS) is 13.7. The van der Waals surface area contributed by atoms with Gasteiger partial charge in [0, 0.05) is 0 Å². The number of hydrogen-bond acceptors (Lipinski definition) is 4. The summed E-state index contributed by atoms with van der Waals surface area (Å²) in [6.07, 6.45) is 1.44. The molecule has 1 N–H and O–H groups in total. The fourth-order valence-electron chi connectivity index (χ4n) is 1.97. The number of aryl methyl sites for hydroxylation is 2. The van der Waals surface area contributed by atoms with Crippen LogP contribution in [0.3, 0.4) is 0 Å². The first-order valence-electron chi connectivity index (χ1n) is 6.90. The molecule has 4 nitrogen and oxygen atoms in total. The van der Waals surface area contributed by atoms with E-state index in [1.54, 1.807) is 7.05 Å². The summed E-state index contributed by atoms with van der Waals surface area (Å²) < 4.78 is 10.5. The number of hydrogen-bond donors (Lipinski definition) is 1. The second-order valence-corrected chi connectivity index (χ2v) is 5.27. The molecule has 0 heterocycles. The van der Waals surface area contributed by atoms with Gasteiger partial charge in [-0.15, -0.1) is 0 Å². The number of ether oxygens (including phenoxy) is 2. The summed E-state index contributed by atoms with van der Waals surface area (Å²) in [4.78, 5) is 11.7. The van der Waals surface area contributed by atoms with E-state index in [-0.39, 0.29) is 5.97 Å². The van der Waals surface area contributed by atoms with E-state index in [0.717, 1.165) is 12.2 Å². The molecule has 112 valence electrons. The average Bonchev–Trinajstić information content (AvgIpc) is 2.46. The largest absolute Gasteiger partial charge is 0.494 e. The summed E-state index contributed by atoms with van der Waals surface area (Å²) in [6, 6.07) is 6.06. The summed E-state index contributed by atoms with van der Waals surface area (Å²) in [5.41, 5.74) is 1.82. The van der Waals surface area contributed by atoms with Crippen molar-refractivity contribution in [3.8, 4) is 5.75 Å². The minimum atomic E-state index is -0.651. The lowest BCUT2D eigenvalue weighted by molar-refractivity contribution is -0.148. The van der Waals surface area contributed by atoms with Crippen molar-refractivity contribution in [1.29, 1.82) is 0 Å². The molecule has 1 atom stereocenters.